The van der Waals surface area contributed by atoms with Crippen molar-refractivity contribution in [3.8, 4) is 11.6 Å². The molecule has 2 rings (SSSR count). The van der Waals surface area contributed by atoms with Crippen LogP contribution in [0.5, 0.6) is 11.6 Å². The molecule has 1 heterocycles. The Bertz CT molecular complexity index is 612. The minimum absolute atomic E-state index is 0.144. The predicted molar refractivity (Wildman–Crippen MR) is 84.2 cm³/mol. The fraction of sp³-hybridized carbons (Fsp3) is 0.294. The van der Waals surface area contributed by atoms with Gasteiger partial charge in [0.1, 0.15) is 5.75 Å². The van der Waals surface area contributed by atoms with Crippen LogP contribution < -0.4 is 14.8 Å². The van der Waals surface area contributed by atoms with Gasteiger partial charge in [0.2, 0.25) is 5.88 Å². The van der Waals surface area contributed by atoms with Gasteiger partial charge in [-0.05, 0) is 44.2 Å². The van der Waals surface area contributed by atoms with Crippen molar-refractivity contribution in [2.75, 3.05) is 13.2 Å². The van der Waals surface area contributed by atoms with E-state index in [1.807, 2.05) is 26.0 Å². The summed E-state index contributed by atoms with van der Waals surface area (Å²) in [6.45, 7) is 5.33. The maximum Gasteiger partial charge on any atom is 0.251 e. The molecule has 1 aromatic heterocycles. The summed E-state index contributed by atoms with van der Waals surface area (Å²) in [5, 5.41) is 2.87. The zero-order chi connectivity index (χ0) is 15.8. The summed E-state index contributed by atoms with van der Waals surface area (Å²) < 4.78 is 10.8. The summed E-state index contributed by atoms with van der Waals surface area (Å²) in [5.41, 5.74) is 1.44. The Morgan fingerprint density at radius 3 is 2.50 bits per heavy atom. The van der Waals surface area contributed by atoms with Gasteiger partial charge in [-0.2, -0.15) is 0 Å². The highest BCUT2D eigenvalue weighted by molar-refractivity contribution is 5.94. The normalized spacial score (nSPS) is 10.1. The van der Waals surface area contributed by atoms with Gasteiger partial charge in [0, 0.05) is 23.9 Å². The molecule has 1 N–H and O–H groups in total. The largest absolute Gasteiger partial charge is 0.494 e. The molecule has 0 bridgehead atoms. The number of rotatable bonds is 7. The number of aromatic nitrogens is 1. The average Bonchev–Trinajstić information content (AvgIpc) is 2.55. The highest BCUT2D eigenvalue weighted by Crippen LogP contribution is 2.15. The lowest BCUT2D eigenvalue weighted by atomic mass is 10.2. The molecule has 0 atom stereocenters. The molecule has 0 unspecified atom stereocenters. The van der Waals surface area contributed by atoms with Crippen molar-refractivity contribution in [1.82, 2.24) is 10.3 Å². The molecule has 0 aliphatic heterocycles. The fourth-order valence-electron chi connectivity index (χ4n) is 1.97. The first-order chi connectivity index (χ1) is 10.7. The molecule has 116 valence electrons. The number of nitrogens with zero attached hydrogens (tertiary/aromatic N) is 1. The van der Waals surface area contributed by atoms with Crippen molar-refractivity contribution in [2.45, 2.75) is 20.4 Å². The molecule has 1 amide bonds. The van der Waals surface area contributed by atoms with Gasteiger partial charge in [0.25, 0.3) is 5.91 Å². The third-order valence-corrected chi connectivity index (χ3v) is 3.00. The van der Waals surface area contributed by atoms with E-state index in [1.54, 1.807) is 30.5 Å². The zero-order valence-electron chi connectivity index (χ0n) is 12.8. The molecular weight excluding hydrogens is 280 g/mol. The van der Waals surface area contributed by atoms with E-state index in [0.29, 0.717) is 31.2 Å². The first-order valence-corrected chi connectivity index (χ1v) is 7.32. The number of benzene rings is 1. The Morgan fingerprint density at radius 1 is 1.09 bits per heavy atom. The molecule has 5 nitrogen and oxygen atoms in total. The maximum absolute atomic E-state index is 12.1. The van der Waals surface area contributed by atoms with Crippen LogP contribution in [-0.4, -0.2) is 24.1 Å². The van der Waals surface area contributed by atoms with Gasteiger partial charge in [-0.3, -0.25) is 4.79 Å². The second-order valence-corrected chi connectivity index (χ2v) is 4.54. The van der Waals surface area contributed by atoms with Crippen molar-refractivity contribution in [3.63, 3.8) is 0 Å². The minimum atomic E-state index is -0.144. The number of pyridine rings is 1. The van der Waals surface area contributed by atoms with Crippen molar-refractivity contribution in [3.05, 3.63) is 53.7 Å². The van der Waals surface area contributed by atoms with E-state index in [4.69, 9.17) is 9.47 Å². The van der Waals surface area contributed by atoms with E-state index in [9.17, 15) is 4.79 Å². The quantitative estimate of drug-likeness (QED) is 0.854. The second-order valence-electron chi connectivity index (χ2n) is 4.54. The Kier molecular flexibility index (Phi) is 5.77. The molecule has 0 fully saturated rings. The summed E-state index contributed by atoms with van der Waals surface area (Å²) in [7, 11) is 0. The van der Waals surface area contributed by atoms with Crippen molar-refractivity contribution >= 4 is 5.91 Å². The van der Waals surface area contributed by atoms with Crippen LogP contribution in [-0.2, 0) is 6.54 Å². The lowest BCUT2D eigenvalue weighted by Crippen LogP contribution is -2.23. The van der Waals surface area contributed by atoms with Crippen LogP contribution in [0.2, 0.25) is 0 Å². The average molecular weight is 300 g/mol. The van der Waals surface area contributed by atoms with Crippen LogP contribution in [0.4, 0.5) is 0 Å². The van der Waals surface area contributed by atoms with E-state index < -0.39 is 0 Å². The molecule has 2 aromatic rings. The van der Waals surface area contributed by atoms with E-state index >= 15 is 0 Å². The monoisotopic (exact) mass is 300 g/mol. The Labute approximate surface area is 130 Å². The lowest BCUT2D eigenvalue weighted by Gasteiger charge is -2.10. The summed E-state index contributed by atoms with van der Waals surface area (Å²) in [4.78, 5) is 16.3. The molecule has 0 radical (unpaired) electrons. The highest BCUT2D eigenvalue weighted by Gasteiger charge is 2.08. The zero-order valence-corrected chi connectivity index (χ0v) is 12.8. The summed E-state index contributed by atoms with van der Waals surface area (Å²) >= 11 is 0. The molecule has 0 saturated heterocycles. The maximum atomic E-state index is 12.1. The van der Waals surface area contributed by atoms with Crippen molar-refractivity contribution in [1.29, 1.82) is 0 Å². The standard InChI is InChI=1S/C17H20N2O3/c1-3-21-15-9-7-13(8-10-15)16(20)19-12-14-6-5-11-18-17(14)22-4-2/h5-11H,3-4,12H2,1-2H3,(H,19,20). The molecule has 0 aliphatic carbocycles. The number of hydrogen-bond donors (Lipinski definition) is 1. The van der Waals surface area contributed by atoms with Crippen molar-refractivity contribution in [2.24, 2.45) is 0 Å². The van der Waals surface area contributed by atoms with E-state index in [-0.39, 0.29) is 5.91 Å². The number of amides is 1. The van der Waals surface area contributed by atoms with Gasteiger partial charge in [-0.25, -0.2) is 4.98 Å². The molecule has 0 saturated carbocycles. The lowest BCUT2D eigenvalue weighted by molar-refractivity contribution is 0.0950. The van der Waals surface area contributed by atoms with Gasteiger partial charge >= 0.3 is 0 Å². The fourth-order valence-corrected chi connectivity index (χ4v) is 1.97. The topological polar surface area (TPSA) is 60.5 Å². The van der Waals surface area contributed by atoms with Crippen LogP contribution in [0.3, 0.4) is 0 Å². The predicted octanol–water partition coefficient (Wildman–Crippen LogP) is 2.81. The number of carbonyl (C=O) groups excluding carboxylic acids is 1. The highest BCUT2D eigenvalue weighted by atomic mass is 16.5. The Morgan fingerprint density at radius 2 is 1.82 bits per heavy atom. The van der Waals surface area contributed by atoms with Crippen LogP contribution >= 0.6 is 0 Å². The smallest absolute Gasteiger partial charge is 0.251 e. The Balaban J connectivity index is 1.97. The minimum Gasteiger partial charge on any atom is -0.494 e. The van der Waals surface area contributed by atoms with E-state index in [1.165, 1.54) is 0 Å². The summed E-state index contributed by atoms with van der Waals surface area (Å²) in [6, 6.07) is 10.8. The number of nitrogens with one attached hydrogen (secondary N) is 1. The van der Waals surface area contributed by atoms with Gasteiger partial charge in [-0.15, -0.1) is 0 Å². The second kappa shape index (κ2) is 8.02. The van der Waals surface area contributed by atoms with E-state index in [0.717, 1.165) is 11.3 Å². The molecule has 0 spiro atoms. The molecule has 0 aliphatic rings. The van der Waals surface area contributed by atoms with Crippen molar-refractivity contribution < 1.29 is 14.3 Å². The summed E-state index contributed by atoms with van der Waals surface area (Å²) in [5.74, 6) is 1.16. The van der Waals surface area contributed by atoms with Crippen LogP contribution in [0.25, 0.3) is 0 Å². The van der Waals surface area contributed by atoms with Crippen LogP contribution in [0.1, 0.15) is 29.8 Å². The van der Waals surface area contributed by atoms with Crippen LogP contribution in [0, 0.1) is 0 Å². The van der Waals surface area contributed by atoms with Gasteiger partial charge < -0.3 is 14.8 Å². The molecule has 1 aromatic carbocycles. The molecule has 22 heavy (non-hydrogen) atoms. The summed E-state index contributed by atoms with van der Waals surface area (Å²) in [6.07, 6.45) is 1.67. The number of hydrogen-bond acceptors (Lipinski definition) is 4. The first-order valence-electron chi connectivity index (χ1n) is 7.32. The van der Waals surface area contributed by atoms with Gasteiger partial charge in [0.15, 0.2) is 0 Å². The SMILES string of the molecule is CCOc1ccc(C(=O)NCc2cccnc2OCC)cc1. The van der Waals surface area contributed by atoms with Gasteiger partial charge in [-0.1, -0.05) is 6.07 Å². The van der Waals surface area contributed by atoms with Crippen LogP contribution in [0.15, 0.2) is 42.6 Å². The number of carbonyl (C=O) groups is 1. The molecule has 5 heteroatoms. The third kappa shape index (κ3) is 4.22. The number of ether oxygens (including phenoxy) is 2. The third-order valence-electron chi connectivity index (χ3n) is 3.00. The van der Waals surface area contributed by atoms with Gasteiger partial charge in [0.05, 0.1) is 13.2 Å². The molecular formula is C17H20N2O3. The Hall–Kier alpha value is -2.56. The van der Waals surface area contributed by atoms with E-state index in [2.05, 4.69) is 10.3 Å². The first kappa shape index (κ1) is 15.8.